The highest BCUT2D eigenvalue weighted by molar-refractivity contribution is 7.98. The number of rotatable bonds is 11. The molecule has 0 aromatic heterocycles. The summed E-state index contributed by atoms with van der Waals surface area (Å²) in [5.41, 5.74) is 5.27. The fourth-order valence-electron chi connectivity index (χ4n) is 3.85. The maximum atomic E-state index is 13.9. The molecule has 1 N–H and O–H groups in total. The number of carbonyl (C=O) groups excluding carboxylic acids is 1. The molecule has 3 nitrogen and oxygen atoms in total. The number of amides is 1. The molecule has 2 rings (SSSR count). The third-order valence-electron chi connectivity index (χ3n) is 6.96. The number of nitrogens with one attached hydrogen (secondary N) is 1. The molecule has 1 amide bonds. The lowest BCUT2D eigenvalue weighted by molar-refractivity contribution is -0.119. The minimum Gasteiger partial charge on any atom is -0.496 e. The number of aryl methyl sites for hydroxylation is 2. The Morgan fingerprint density at radius 3 is 2.32 bits per heavy atom. The van der Waals surface area contributed by atoms with Gasteiger partial charge >= 0.3 is 0 Å². The number of carbonyl (C=O) groups is 1. The molecule has 0 radical (unpaired) electrons. The van der Waals surface area contributed by atoms with Gasteiger partial charge in [-0.1, -0.05) is 51.3 Å². The maximum Gasteiger partial charge on any atom is 0.254 e. The number of hydrogen-bond donors (Lipinski definition) is 1. The number of halogens is 2. The second kappa shape index (κ2) is 12.6. The van der Waals surface area contributed by atoms with Crippen LogP contribution in [0.2, 0.25) is 0 Å². The highest BCUT2D eigenvalue weighted by atomic mass is 32.2. The van der Waals surface area contributed by atoms with E-state index in [1.54, 1.807) is 25.8 Å². The Morgan fingerprint density at radius 2 is 1.79 bits per heavy atom. The minimum absolute atomic E-state index is 0.163. The van der Waals surface area contributed by atoms with E-state index in [-0.39, 0.29) is 17.9 Å². The molecule has 204 valence electrons. The van der Waals surface area contributed by atoms with Crippen LogP contribution in [-0.4, -0.2) is 25.2 Å². The molecule has 0 unspecified atom stereocenters. The second-order valence-electron chi connectivity index (χ2n) is 10.1. The van der Waals surface area contributed by atoms with E-state index < -0.39 is 11.3 Å². The van der Waals surface area contributed by atoms with Gasteiger partial charge in [-0.2, -0.15) is 0 Å². The Labute approximate surface area is 230 Å². The molecule has 0 spiro atoms. The van der Waals surface area contributed by atoms with Crippen LogP contribution in [-0.2, 0) is 11.2 Å². The van der Waals surface area contributed by atoms with Crippen LogP contribution in [0.15, 0.2) is 71.8 Å². The molecule has 0 aliphatic rings. The number of hydrogen-bond acceptors (Lipinski definition) is 3. The summed E-state index contributed by atoms with van der Waals surface area (Å²) in [5, 5.41) is 2.79. The largest absolute Gasteiger partial charge is 0.496 e. The third kappa shape index (κ3) is 7.47. The summed E-state index contributed by atoms with van der Waals surface area (Å²) in [4.78, 5) is 13.8. The molecule has 0 heterocycles. The van der Waals surface area contributed by atoms with Gasteiger partial charge in [-0.05, 0) is 90.3 Å². The zero-order valence-electron chi connectivity index (χ0n) is 23.7. The van der Waals surface area contributed by atoms with Crippen LogP contribution < -0.4 is 10.1 Å². The van der Waals surface area contributed by atoms with Crippen LogP contribution in [0.5, 0.6) is 5.75 Å². The summed E-state index contributed by atoms with van der Waals surface area (Å²) >= 11 is 1.64. The summed E-state index contributed by atoms with van der Waals surface area (Å²) in [5.74, 6) is -2.33. The van der Waals surface area contributed by atoms with E-state index in [4.69, 9.17) is 4.74 Å². The van der Waals surface area contributed by atoms with Gasteiger partial charge in [0.15, 0.2) is 0 Å². The lowest BCUT2D eigenvalue weighted by Gasteiger charge is -2.32. The molecular formula is C32H39F2NO2S. The first kappa shape index (κ1) is 31.1. The van der Waals surface area contributed by atoms with Crippen LogP contribution in [0.4, 0.5) is 8.78 Å². The summed E-state index contributed by atoms with van der Waals surface area (Å²) < 4.78 is 33.4. The lowest BCUT2D eigenvalue weighted by atomic mass is 9.79. The molecule has 0 saturated carbocycles. The standard InChI is InChI=1S/C32H39F2NO2S/c1-11-24(17-27-18-28(37-9)29(38-10)15-21(27)3)26-13-12-25(20(2)14-26)19-30(36)35-23(5)16-22(4)31(6,7)32(8,33)34/h11-18H,1,4,19H2,2-3,5-10H3,(H,35,36)/b23-16+,24-17+. The Morgan fingerprint density at radius 1 is 1.13 bits per heavy atom. The fraction of sp³-hybridized carbons (Fsp3) is 0.344. The van der Waals surface area contributed by atoms with Crippen molar-refractivity contribution in [1.29, 1.82) is 0 Å². The predicted molar refractivity (Wildman–Crippen MR) is 158 cm³/mol. The summed E-state index contributed by atoms with van der Waals surface area (Å²) in [6.45, 7) is 17.3. The summed E-state index contributed by atoms with van der Waals surface area (Å²) in [6.07, 6.45) is 7.59. The monoisotopic (exact) mass is 539 g/mol. The van der Waals surface area contributed by atoms with E-state index >= 15 is 0 Å². The van der Waals surface area contributed by atoms with Gasteiger partial charge in [0.05, 0.1) is 18.9 Å². The third-order valence-corrected chi connectivity index (χ3v) is 7.72. The molecular weight excluding hydrogens is 500 g/mol. The van der Waals surface area contributed by atoms with Crippen LogP contribution in [0, 0.1) is 19.3 Å². The van der Waals surface area contributed by atoms with Crippen LogP contribution in [0.3, 0.4) is 0 Å². The first-order chi connectivity index (χ1) is 17.6. The van der Waals surface area contributed by atoms with Crippen LogP contribution in [0.1, 0.15) is 55.5 Å². The summed E-state index contributed by atoms with van der Waals surface area (Å²) in [7, 11) is 1.67. The van der Waals surface area contributed by atoms with Gasteiger partial charge < -0.3 is 10.1 Å². The lowest BCUT2D eigenvalue weighted by Crippen LogP contribution is -2.34. The zero-order valence-corrected chi connectivity index (χ0v) is 24.5. The Bertz CT molecular complexity index is 1280. The molecule has 0 saturated heterocycles. The molecule has 2 aromatic carbocycles. The first-order valence-electron chi connectivity index (χ1n) is 12.4. The van der Waals surface area contributed by atoms with Gasteiger partial charge in [-0.3, -0.25) is 4.79 Å². The van der Waals surface area contributed by atoms with Gasteiger partial charge in [-0.15, -0.1) is 11.8 Å². The molecule has 0 fully saturated rings. The van der Waals surface area contributed by atoms with E-state index in [1.165, 1.54) is 19.9 Å². The van der Waals surface area contributed by atoms with E-state index in [0.29, 0.717) is 5.70 Å². The van der Waals surface area contributed by atoms with Gasteiger partial charge in [0, 0.05) is 17.5 Å². The number of methoxy groups -OCH3 is 1. The number of allylic oxidation sites excluding steroid dienone is 5. The van der Waals surface area contributed by atoms with Crippen molar-refractivity contribution in [3.8, 4) is 5.75 Å². The Hall–Kier alpha value is -3.12. The summed E-state index contributed by atoms with van der Waals surface area (Å²) in [6, 6.07) is 10.1. The molecule has 0 aliphatic carbocycles. The number of alkyl halides is 2. The molecule has 6 heteroatoms. The molecule has 0 aliphatic heterocycles. The zero-order chi connectivity index (χ0) is 28.8. The number of thioether (sulfide) groups is 1. The Balaban J connectivity index is 2.22. The predicted octanol–water partition coefficient (Wildman–Crippen LogP) is 8.56. The SMILES string of the molecule is C=C/C(=C\c1cc(OC)c(SC)cc1C)c1ccc(CC(=O)N/C(C)=C/C(=C)C(C)(C)C(C)(F)F)c(C)c1. The molecule has 2 aromatic rings. The van der Waals surface area contributed by atoms with Crippen molar-refractivity contribution in [2.75, 3.05) is 13.4 Å². The number of ether oxygens (including phenoxy) is 1. The van der Waals surface area contributed by atoms with Crippen molar-refractivity contribution in [2.45, 2.75) is 58.8 Å². The molecule has 0 bridgehead atoms. The van der Waals surface area contributed by atoms with Crippen molar-refractivity contribution >= 4 is 29.3 Å². The highest BCUT2D eigenvalue weighted by Crippen LogP contribution is 2.42. The average Bonchev–Trinajstić information content (AvgIpc) is 2.83. The minimum atomic E-state index is -2.94. The second-order valence-corrected chi connectivity index (χ2v) is 10.9. The van der Waals surface area contributed by atoms with Gasteiger partial charge in [0.1, 0.15) is 5.75 Å². The van der Waals surface area contributed by atoms with Crippen LogP contribution >= 0.6 is 11.8 Å². The topological polar surface area (TPSA) is 38.3 Å². The van der Waals surface area contributed by atoms with Gasteiger partial charge in [0.2, 0.25) is 5.91 Å². The normalized spacial score (nSPS) is 12.8. The average molecular weight is 540 g/mol. The van der Waals surface area contributed by atoms with Crippen molar-refractivity contribution in [3.63, 3.8) is 0 Å². The van der Waals surface area contributed by atoms with E-state index in [0.717, 1.165) is 51.0 Å². The van der Waals surface area contributed by atoms with Crippen molar-refractivity contribution < 1.29 is 18.3 Å². The van der Waals surface area contributed by atoms with E-state index in [9.17, 15) is 13.6 Å². The number of benzene rings is 2. The van der Waals surface area contributed by atoms with E-state index in [2.05, 4.69) is 37.5 Å². The first-order valence-corrected chi connectivity index (χ1v) is 13.6. The quantitative estimate of drug-likeness (QED) is 0.177. The maximum absolute atomic E-state index is 13.9. The van der Waals surface area contributed by atoms with Crippen LogP contribution in [0.25, 0.3) is 11.6 Å². The molecule has 38 heavy (non-hydrogen) atoms. The van der Waals surface area contributed by atoms with Crippen molar-refractivity contribution in [1.82, 2.24) is 5.32 Å². The Kier molecular flexibility index (Phi) is 10.3. The van der Waals surface area contributed by atoms with Crippen molar-refractivity contribution in [2.24, 2.45) is 5.41 Å². The smallest absolute Gasteiger partial charge is 0.254 e. The highest BCUT2D eigenvalue weighted by Gasteiger charge is 2.43. The van der Waals surface area contributed by atoms with Gasteiger partial charge in [-0.25, -0.2) is 8.78 Å². The van der Waals surface area contributed by atoms with E-state index in [1.807, 2.05) is 43.5 Å². The fourth-order valence-corrected chi connectivity index (χ4v) is 4.49. The molecule has 0 atom stereocenters. The van der Waals surface area contributed by atoms with Crippen molar-refractivity contribution in [3.05, 3.63) is 94.7 Å². The van der Waals surface area contributed by atoms with Gasteiger partial charge in [0.25, 0.3) is 5.92 Å².